The van der Waals surface area contributed by atoms with Crippen LogP contribution in [0.2, 0.25) is 0 Å². The number of nitrogens with two attached hydrogens (primary N) is 1. The summed E-state index contributed by atoms with van der Waals surface area (Å²) < 4.78 is 27.9. The Labute approximate surface area is 94.5 Å². The SMILES string of the molecule is CC(N)CCCNC(=O)CCOCC(F)F. The quantitative estimate of drug-likeness (QED) is 0.587. The van der Waals surface area contributed by atoms with Crippen LogP contribution in [0.15, 0.2) is 0 Å². The molecule has 0 saturated heterocycles. The number of halogens is 2. The largest absolute Gasteiger partial charge is 0.375 e. The van der Waals surface area contributed by atoms with Gasteiger partial charge in [-0.2, -0.15) is 0 Å². The van der Waals surface area contributed by atoms with Crippen molar-refractivity contribution in [3.63, 3.8) is 0 Å². The van der Waals surface area contributed by atoms with Crippen molar-refractivity contribution in [2.24, 2.45) is 5.73 Å². The van der Waals surface area contributed by atoms with E-state index in [-0.39, 0.29) is 25.0 Å². The normalized spacial score (nSPS) is 12.8. The van der Waals surface area contributed by atoms with Gasteiger partial charge in [0.15, 0.2) is 0 Å². The fraction of sp³-hybridized carbons (Fsp3) is 0.900. The lowest BCUT2D eigenvalue weighted by Gasteiger charge is -2.07. The molecule has 1 unspecified atom stereocenters. The summed E-state index contributed by atoms with van der Waals surface area (Å²) in [5.41, 5.74) is 5.53. The average Bonchev–Trinajstić information content (AvgIpc) is 2.19. The molecule has 1 atom stereocenters. The second-order valence-corrected chi connectivity index (χ2v) is 3.69. The molecule has 0 aromatic heterocycles. The molecule has 0 spiro atoms. The summed E-state index contributed by atoms with van der Waals surface area (Å²) in [6, 6.07) is 0.131. The lowest BCUT2D eigenvalue weighted by molar-refractivity contribution is -0.122. The van der Waals surface area contributed by atoms with Crippen LogP contribution in [-0.4, -0.2) is 38.1 Å². The minimum Gasteiger partial charge on any atom is -0.375 e. The lowest BCUT2D eigenvalue weighted by atomic mass is 10.2. The maximum absolute atomic E-state index is 11.6. The van der Waals surface area contributed by atoms with E-state index in [0.717, 1.165) is 12.8 Å². The molecule has 96 valence electrons. The smallest absolute Gasteiger partial charge is 0.261 e. The van der Waals surface area contributed by atoms with Crippen LogP contribution < -0.4 is 11.1 Å². The number of hydrogen-bond acceptors (Lipinski definition) is 3. The molecule has 0 aromatic rings. The van der Waals surface area contributed by atoms with Crippen molar-refractivity contribution in [3.05, 3.63) is 0 Å². The zero-order valence-corrected chi connectivity index (χ0v) is 9.55. The molecule has 0 fully saturated rings. The van der Waals surface area contributed by atoms with Crippen LogP contribution in [0, 0.1) is 0 Å². The molecule has 16 heavy (non-hydrogen) atoms. The zero-order valence-electron chi connectivity index (χ0n) is 9.55. The third-order valence-corrected chi connectivity index (χ3v) is 1.88. The monoisotopic (exact) mass is 238 g/mol. The standard InChI is InChI=1S/C10H20F2N2O2/c1-8(13)3-2-5-14-10(15)4-6-16-7-9(11)12/h8-9H,2-7,13H2,1H3,(H,14,15). The summed E-state index contributed by atoms with van der Waals surface area (Å²) in [5, 5.41) is 2.66. The Morgan fingerprint density at radius 1 is 1.50 bits per heavy atom. The first kappa shape index (κ1) is 15.2. The number of rotatable bonds is 9. The van der Waals surface area contributed by atoms with E-state index in [4.69, 9.17) is 5.73 Å². The number of carbonyl (C=O) groups excluding carboxylic acids is 1. The molecule has 0 heterocycles. The molecule has 0 saturated carbocycles. The van der Waals surface area contributed by atoms with Crippen molar-refractivity contribution < 1.29 is 18.3 Å². The Balaban J connectivity index is 3.25. The molecule has 0 aliphatic heterocycles. The van der Waals surface area contributed by atoms with Crippen LogP contribution in [0.3, 0.4) is 0 Å². The number of nitrogens with one attached hydrogen (secondary N) is 1. The first-order valence-electron chi connectivity index (χ1n) is 5.40. The maximum Gasteiger partial charge on any atom is 0.261 e. The van der Waals surface area contributed by atoms with Gasteiger partial charge in [0.1, 0.15) is 6.61 Å². The molecule has 0 bridgehead atoms. The summed E-state index contributed by atoms with van der Waals surface area (Å²) in [5.74, 6) is -0.182. The van der Waals surface area contributed by atoms with E-state index >= 15 is 0 Å². The van der Waals surface area contributed by atoms with Crippen LogP contribution in [0.4, 0.5) is 8.78 Å². The molecule has 0 aliphatic carbocycles. The van der Waals surface area contributed by atoms with Crippen molar-refractivity contribution in [3.8, 4) is 0 Å². The van der Waals surface area contributed by atoms with Gasteiger partial charge in [0.05, 0.1) is 6.61 Å². The summed E-state index contributed by atoms with van der Waals surface area (Å²) in [4.78, 5) is 11.1. The Hall–Kier alpha value is -0.750. The van der Waals surface area contributed by atoms with Crippen molar-refractivity contribution in [1.82, 2.24) is 5.32 Å². The molecule has 0 aliphatic rings. The summed E-state index contributed by atoms with van der Waals surface area (Å²) >= 11 is 0. The van der Waals surface area contributed by atoms with Gasteiger partial charge in [-0.1, -0.05) is 0 Å². The van der Waals surface area contributed by atoms with E-state index in [2.05, 4.69) is 10.1 Å². The minimum atomic E-state index is -2.48. The van der Waals surface area contributed by atoms with Crippen molar-refractivity contribution >= 4 is 5.91 Å². The van der Waals surface area contributed by atoms with Crippen molar-refractivity contribution in [1.29, 1.82) is 0 Å². The first-order valence-corrected chi connectivity index (χ1v) is 5.40. The van der Waals surface area contributed by atoms with E-state index in [1.54, 1.807) is 0 Å². The predicted molar refractivity (Wildman–Crippen MR) is 57.3 cm³/mol. The van der Waals surface area contributed by atoms with Gasteiger partial charge in [0, 0.05) is 19.0 Å². The molecule has 0 rings (SSSR count). The molecular weight excluding hydrogens is 218 g/mol. The molecule has 3 N–H and O–H groups in total. The van der Waals surface area contributed by atoms with E-state index in [0.29, 0.717) is 6.54 Å². The number of hydrogen-bond donors (Lipinski definition) is 2. The second kappa shape index (κ2) is 9.47. The first-order chi connectivity index (χ1) is 7.52. The average molecular weight is 238 g/mol. The van der Waals surface area contributed by atoms with E-state index in [9.17, 15) is 13.6 Å². The Morgan fingerprint density at radius 2 is 2.19 bits per heavy atom. The Bertz CT molecular complexity index is 172. The zero-order chi connectivity index (χ0) is 12.4. The van der Waals surface area contributed by atoms with Gasteiger partial charge in [-0.15, -0.1) is 0 Å². The number of alkyl halides is 2. The molecule has 0 radical (unpaired) electrons. The topological polar surface area (TPSA) is 64.3 Å². The fourth-order valence-electron chi connectivity index (χ4n) is 1.08. The highest BCUT2D eigenvalue weighted by molar-refractivity contribution is 5.75. The Kier molecular flexibility index (Phi) is 9.03. The summed E-state index contributed by atoms with van der Waals surface area (Å²) in [6.07, 6.45) is -0.692. The molecule has 0 aromatic carbocycles. The highest BCUT2D eigenvalue weighted by atomic mass is 19.3. The van der Waals surface area contributed by atoms with Gasteiger partial charge in [-0.3, -0.25) is 4.79 Å². The molecular formula is C10H20F2N2O2. The highest BCUT2D eigenvalue weighted by Gasteiger charge is 2.04. The fourth-order valence-corrected chi connectivity index (χ4v) is 1.08. The number of amides is 1. The third kappa shape index (κ3) is 11.3. The van der Waals surface area contributed by atoms with Gasteiger partial charge in [0.25, 0.3) is 6.43 Å². The van der Waals surface area contributed by atoms with Crippen molar-refractivity contribution in [2.45, 2.75) is 38.7 Å². The third-order valence-electron chi connectivity index (χ3n) is 1.88. The van der Waals surface area contributed by atoms with Crippen LogP contribution >= 0.6 is 0 Å². The van der Waals surface area contributed by atoms with E-state index in [1.807, 2.05) is 6.92 Å². The maximum atomic E-state index is 11.6. The summed E-state index contributed by atoms with van der Waals surface area (Å²) in [7, 11) is 0. The molecule has 1 amide bonds. The minimum absolute atomic E-state index is 0.0312. The van der Waals surface area contributed by atoms with Gasteiger partial charge in [0.2, 0.25) is 5.91 Å². The lowest BCUT2D eigenvalue weighted by Crippen LogP contribution is -2.27. The molecule has 6 heteroatoms. The van der Waals surface area contributed by atoms with Gasteiger partial charge in [-0.25, -0.2) is 8.78 Å². The second-order valence-electron chi connectivity index (χ2n) is 3.69. The van der Waals surface area contributed by atoms with Crippen LogP contribution in [-0.2, 0) is 9.53 Å². The summed E-state index contributed by atoms with van der Waals surface area (Å²) in [6.45, 7) is 1.89. The van der Waals surface area contributed by atoms with Crippen molar-refractivity contribution in [2.75, 3.05) is 19.8 Å². The van der Waals surface area contributed by atoms with Crippen LogP contribution in [0.1, 0.15) is 26.2 Å². The van der Waals surface area contributed by atoms with Gasteiger partial charge < -0.3 is 15.8 Å². The Morgan fingerprint density at radius 3 is 2.75 bits per heavy atom. The van der Waals surface area contributed by atoms with Gasteiger partial charge in [-0.05, 0) is 19.8 Å². The predicted octanol–water partition coefficient (Wildman–Crippen LogP) is 0.902. The van der Waals surface area contributed by atoms with Crippen LogP contribution in [0.5, 0.6) is 0 Å². The van der Waals surface area contributed by atoms with E-state index in [1.165, 1.54) is 0 Å². The number of ether oxygens (including phenoxy) is 1. The highest BCUT2D eigenvalue weighted by Crippen LogP contribution is 1.94. The van der Waals surface area contributed by atoms with E-state index < -0.39 is 13.0 Å². The van der Waals surface area contributed by atoms with Gasteiger partial charge >= 0.3 is 0 Å². The van der Waals surface area contributed by atoms with Crippen LogP contribution in [0.25, 0.3) is 0 Å². The molecule has 4 nitrogen and oxygen atoms in total. The number of carbonyl (C=O) groups is 1.